The first kappa shape index (κ1) is 14.7. The summed E-state index contributed by atoms with van der Waals surface area (Å²) in [5.74, 6) is 0.479. The molecule has 1 aromatic heterocycles. The van der Waals surface area contributed by atoms with Gasteiger partial charge in [-0.1, -0.05) is 18.2 Å². The van der Waals surface area contributed by atoms with Crippen molar-refractivity contribution >= 4 is 16.6 Å². The molecule has 0 aliphatic rings. The fraction of sp³-hybridized carbons (Fsp3) is 0.188. The molecular formula is C16H16N2O3. The Morgan fingerprint density at radius 3 is 2.62 bits per heavy atom. The molecule has 2 rings (SSSR count). The molecule has 5 heteroatoms. The first-order chi connectivity index (χ1) is 10.1. The standard InChI is InChI=1S/C16H16N2O3/c1-4-6-11-8-9-13-12(7-5-2)15(21-3)10-14(18(19)20)16(13)17-11/h4-5,8-10H,1-2,6-7H2,3H3. The Hall–Kier alpha value is -2.69. The second-order valence-corrected chi connectivity index (χ2v) is 4.52. The van der Waals surface area contributed by atoms with Gasteiger partial charge in [-0.25, -0.2) is 4.98 Å². The van der Waals surface area contributed by atoms with Gasteiger partial charge >= 0.3 is 0 Å². The molecule has 0 atom stereocenters. The van der Waals surface area contributed by atoms with Gasteiger partial charge in [-0.15, -0.1) is 13.2 Å². The molecule has 0 aliphatic heterocycles. The fourth-order valence-electron chi connectivity index (χ4n) is 2.29. The molecule has 0 saturated heterocycles. The monoisotopic (exact) mass is 284 g/mol. The third-order valence-electron chi connectivity index (χ3n) is 3.20. The summed E-state index contributed by atoms with van der Waals surface area (Å²) < 4.78 is 5.28. The Morgan fingerprint density at radius 2 is 2.05 bits per heavy atom. The average molecular weight is 284 g/mol. The number of nitrogens with zero attached hydrogens (tertiary/aromatic N) is 2. The Labute approximate surface area is 122 Å². The van der Waals surface area contributed by atoms with Crippen molar-refractivity contribution in [2.75, 3.05) is 7.11 Å². The average Bonchev–Trinajstić information content (AvgIpc) is 2.47. The van der Waals surface area contributed by atoms with Crippen LogP contribution in [-0.2, 0) is 12.8 Å². The molecule has 1 heterocycles. The van der Waals surface area contributed by atoms with Gasteiger partial charge < -0.3 is 4.74 Å². The lowest BCUT2D eigenvalue weighted by molar-refractivity contribution is -0.383. The topological polar surface area (TPSA) is 65.3 Å². The molecule has 21 heavy (non-hydrogen) atoms. The maximum Gasteiger partial charge on any atom is 0.299 e. The van der Waals surface area contributed by atoms with E-state index in [1.165, 1.54) is 13.2 Å². The number of nitro groups is 1. The summed E-state index contributed by atoms with van der Waals surface area (Å²) in [6.07, 6.45) is 4.57. The van der Waals surface area contributed by atoms with E-state index in [2.05, 4.69) is 18.1 Å². The van der Waals surface area contributed by atoms with Gasteiger partial charge in [0.25, 0.3) is 5.69 Å². The molecule has 0 fully saturated rings. The SMILES string of the molecule is C=CCc1ccc2c(CC=C)c(OC)cc([N+](=O)[O-])c2n1. The summed E-state index contributed by atoms with van der Waals surface area (Å²) in [6.45, 7) is 7.38. The van der Waals surface area contributed by atoms with Crippen molar-refractivity contribution in [3.63, 3.8) is 0 Å². The zero-order valence-corrected chi connectivity index (χ0v) is 11.8. The molecule has 0 radical (unpaired) electrons. The van der Waals surface area contributed by atoms with Gasteiger partial charge in [-0.3, -0.25) is 10.1 Å². The Balaban J connectivity index is 2.83. The molecular weight excluding hydrogens is 268 g/mol. The van der Waals surface area contributed by atoms with Crippen molar-refractivity contribution < 1.29 is 9.66 Å². The number of fused-ring (bicyclic) bond motifs is 1. The van der Waals surface area contributed by atoms with Gasteiger partial charge in [0, 0.05) is 23.1 Å². The van der Waals surface area contributed by atoms with E-state index in [0.29, 0.717) is 29.5 Å². The fourth-order valence-corrected chi connectivity index (χ4v) is 2.29. The summed E-state index contributed by atoms with van der Waals surface area (Å²) >= 11 is 0. The van der Waals surface area contributed by atoms with Crippen LogP contribution in [0.15, 0.2) is 43.5 Å². The van der Waals surface area contributed by atoms with Crippen LogP contribution in [0.2, 0.25) is 0 Å². The highest BCUT2D eigenvalue weighted by Gasteiger charge is 2.20. The molecule has 1 aromatic carbocycles. The van der Waals surface area contributed by atoms with Crippen molar-refractivity contribution in [2.45, 2.75) is 12.8 Å². The minimum Gasteiger partial charge on any atom is -0.496 e. The van der Waals surface area contributed by atoms with Gasteiger partial charge in [-0.2, -0.15) is 0 Å². The predicted molar refractivity (Wildman–Crippen MR) is 82.8 cm³/mol. The molecule has 0 unspecified atom stereocenters. The van der Waals surface area contributed by atoms with E-state index in [9.17, 15) is 10.1 Å². The van der Waals surface area contributed by atoms with Crippen molar-refractivity contribution in [1.29, 1.82) is 0 Å². The van der Waals surface area contributed by atoms with Gasteiger partial charge in [0.15, 0.2) is 0 Å². The molecule has 0 aliphatic carbocycles. The van der Waals surface area contributed by atoms with Crippen LogP contribution in [0.1, 0.15) is 11.3 Å². The third kappa shape index (κ3) is 2.76. The van der Waals surface area contributed by atoms with Crippen molar-refractivity contribution in [1.82, 2.24) is 4.98 Å². The third-order valence-corrected chi connectivity index (χ3v) is 3.20. The van der Waals surface area contributed by atoms with Gasteiger partial charge in [0.05, 0.1) is 18.1 Å². The molecule has 0 N–H and O–H groups in total. The van der Waals surface area contributed by atoms with Gasteiger partial charge in [0.1, 0.15) is 11.3 Å². The number of hydrogen-bond donors (Lipinski definition) is 0. The lowest BCUT2D eigenvalue weighted by atomic mass is 10.0. The second kappa shape index (κ2) is 6.17. The van der Waals surface area contributed by atoms with E-state index in [1.54, 1.807) is 12.2 Å². The van der Waals surface area contributed by atoms with Crippen LogP contribution in [0.5, 0.6) is 5.75 Å². The van der Waals surface area contributed by atoms with Crippen LogP contribution < -0.4 is 4.74 Å². The van der Waals surface area contributed by atoms with Crippen molar-refractivity contribution in [2.24, 2.45) is 0 Å². The number of hydrogen-bond acceptors (Lipinski definition) is 4. The van der Waals surface area contributed by atoms with Crippen LogP contribution >= 0.6 is 0 Å². The lowest BCUT2D eigenvalue weighted by Gasteiger charge is -2.11. The normalized spacial score (nSPS) is 10.3. The summed E-state index contributed by atoms with van der Waals surface area (Å²) in [7, 11) is 1.50. The number of methoxy groups -OCH3 is 1. The van der Waals surface area contributed by atoms with Crippen LogP contribution in [0.3, 0.4) is 0 Å². The van der Waals surface area contributed by atoms with E-state index in [-0.39, 0.29) is 5.69 Å². The summed E-state index contributed by atoms with van der Waals surface area (Å²) in [5.41, 5.74) is 1.92. The first-order valence-electron chi connectivity index (χ1n) is 6.48. The molecule has 0 amide bonds. The van der Waals surface area contributed by atoms with E-state index in [0.717, 1.165) is 11.3 Å². The minimum absolute atomic E-state index is 0.0550. The highest BCUT2D eigenvalue weighted by atomic mass is 16.6. The number of ether oxygens (including phenoxy) is 1. The van der Waals surface area contributed by atoms with E-state index < -0.39 is 4.92 Å². The van der Waals surface area contributed by atoms with Crippen LogP contribution in [0.4, 0.5) is 5.69 Å². The number of nitro benzene ring substituents is 1. The second-order valence-electron chi connectivity index (χ2n) is 4.52. The largest absolute Gasteiger partial charge is 0.496 e. The van der Waals surface area contributed by atoms with Crippen LogP contribution in [-0.4, -0.2) is 17.0 Å². The Bertz CT molecular complexity index is 723. The van der Waals surface area contributed by atoms with Crippen molar-refractivity contribution in [3.05, 3.63) is 64.9 Å². The Morgan fingerprint density at radius 1 is 1.33 bits per heavy atom. The number of allylic oxidation sites excluding steroid dienone is 2. The maximum absolute atomic E-state index is 11.3. The quantitative estimate of drug-likeness (QED) is 0.462. The summed E-state index contributed by atoms with van der Waals surface area (Å²) in [5, 5.41) is 12.0. The zero-order chi connectivity index (χ0) is 15.4. The highest BCUT2D eigenvalue weighted by molar-refractivity contribution is 5.92. The first-order valence-corrected chi connectivity index (χ1v) is 6.48. The van der Waals surface area contributed by atoms with E-state index in [4.69, 9.17) is 4.74 Å². The van der Waals surface area contributed by atoms with Gasteiger partial charge in [0.2, 0.25) is 0 Å². The lowest BCUT2D eigenvalue weighted by Crippen LogP contribution is -2.00. The molecule has 108 valence electrons. The number of rotatable bonds is 6. The highest BCUT2D eigenvalue weighted by Crippen LogP contribution is 2.35. The van der Waals surface area contributed by atoms with Crippen molar-refractivity contribution in [3.8, 4) is 5.75 Å². The summed E-state index contributed by atoms with van der Waals surface area (Å²) in [6, 6.07) is 5.11. The van der Waals surface area contributed by atoms with Crippen LogP contribution in [0.25, 0.3) is 10.9 Å². The van der Waals surface area contributed by atoms with E-state index in [1.807, 2.05) is 12.1 Å². The number of benzene rings is 1. The number of aromatic nitrogens is 1. The smallest absolute Gasteiger partial charge is 0.299 e. The summed E-state index contributed by atoms with van der Waals surface area (Å²) in [4.78, 5) is 15.3. The molecule has 0 spiro atoms. The zero-order valence-electron chi connectivity index (χ0n) is 11.8. The molecule has 0 bridgehead atoms. The predicted octanol–water partition coefficient (Wildman–Crippen LogP) is 3.61. The van der Waals surface area contributed by atoms with Gasteiger partial charge in [-0.05, 0) is 12.5 Å². The maximum atomic E-state index is 11.3. The number of non-ortho nitro benzene ring substituents is 1. The number of pyridine rings is 1. The van der Waals surface area contributed by atoms with E-state index >= 15 is 0 Å². The molecule has 2 aromatic rings. The van der Waals surface area contributed by atoms with Crippen LogP contribution in [0, 0.1) is 10.1 Å². The molecule has 5 nitrogen and oxygen atoms in total. The molecule has 0 saturated carbocycles. The minimum atomic E-state index is -0.437. The Kier molecular flexibility index (Phi) is 4.33.